The lowest BCUT2D eigenvalue weighted by atomic mass is 9.93. The summed E-state index contributed by atoms with van der Waals surface area (Å²) in [6.45, 7) is 6.68. The largest absolute Gasteiger partial charge is 0.342 e. The van der Waals surface area contributed by atoms with Crippen LogP contribution in [0.15, 0.2) is 12.7 Å². The molecule has 0 aromatic carbocycles. The number of nitrogens with one attached hydrogen (secondary N) is 1. The van der Waals surface area contributed by atoms with Gasteiger partial charge in [0.1, 0.15) is 0 Å². The fourth-order valence-corrected chi connectivity index (χ4v) is 2.66. The van der Waals surface area contributed by atoms with Crippen molar-refractivity contribution >= 4 is 30.7 Å². The molecule has 1 amide bonds. The van der Waals surface area contributed by atoms with Crippen molar-refractivity contribution < 1.29 is 4.79 Å². The molecule has 2 atom stereocenters. The minimum absolute atomic E-state index is 0. The number of amides is 1. The molecule has 17 heavy (non-hydrogen) atoms. The van der Waals surface area contributed by atoms with Gasteiger partial charge in [-0.15, -0.1) is 31.4 Å². The first-order chi connectivity index (χ1) is 7.31. The van der Waals surface area contributed by atoms with E-state index in [9.17, 15) is 4.79 Å². The number of allylic oxidation sites excluding steroid dienone is 1. The number of hydrogen-bond acceptors (Lipinski definition) is 2. The van der Waals surface area contributed by atoms with Crippen LogP contribution in [0.4, 0.5) is 0 Å². The van der Waals surface area contributed by atoms with E-state index in [1.54, 1.807) is 0 Å². The zero-order valence-corrected chi connectivity index (χ0v) is 11.7. The third-order valence-corrected chi connectivity index (χ3v) is 3.57. The molecule has 1 N–H and O–H groups in total. The number of likely N-dealkylation sites (tertiary alicyclic amines) is 1. The van der Waals surface area contributed by atoms with Crippen LogP contribution in [0, 0.1) is 5.92 Å². The molecule has 0 bridgehead atoms. The van der Waals surface area contributed by atoms with Gasteiger partial charge in [-0.3, -0.25) is 4.79 Å². The van der Waals surface area contributed by atoms with Gasteiger partial charge in [-0.2, -0.15) is 0 Å². The molecule has 0 saturated carbocycles. The van der Waals surface area contributed by atoms with Crippen LogP contribution in [0.3, 0.4) is 0 Å². The van der Waals surface area contributed by atoms with Crippen molar-refractivity contribution in [1.82, 2.24) is 10.2 Å². The Balaban J connectivity index is 0.00000128. The average Bonchev–Trinajstić information content (AvgIpc) is 2.72. The summed E-state index contributed by atoms with van der Waals surface area (Å²) in [5.41, 5.74) is 0. The van der Waals surface area contributed by atoms with E-state index in [1.165, 1.54) is 6.42 Å². The Hall–Kier alpha value is -0.250. The van der Waals surface area contributed by atoms with Crippen LogP contribution < -0.4 is 5.32 Å². The Morgan fingerprint density at radius 2 is 2.18 bits per heavy atom. The lowest BCUT2D eigenvalue weighted by molar-refractivity contribution is -0.133. The lowest BCUT2D eigenvalue weighted by Crippen LogP contribution is -2.46. The Kier molecular flexibility index (Phi) is 7.84. The molecule has 0 spiro atoms. The maximum absolute atomic E-state index is 11.8. The third-order valence-electron chi connectivity index (χ3n) is 3.57. The summed E-state index contributed by atoms with van der Waals surface area (Å²) in [4.78, 5) is 13.8. The summed E-state index contributed by atoms with van der Waals surface area (Å²) in [6, 6.07) is 0.674. The molecule has 0 aliphatic carbocycles. The van der Waals surface area contributed by atoms with Gasteiger partial charge < -0.3 is 10.2 Å². The minimum atomic E-state index is 0. The maximum atomic E-state index is 11.8. The van der Waals surface area contributed by atoms with Gasteiger partial charge in [0.15, 0.2) is 0 Å². The molecule has 2 saturated heterocycles. The van der Waals surface area contributed by atoms with E-state index in [4.69, 9.17) is 0 Å². The second kappa shape index (κ2) is 7.96. The lowest BCUT2D eigenvalue weighted by Gasteiger charge is -2.34. The Morgan fingerprint density at radius 1 is 1.41 bits per heavy atom. The highest BCUT2D eigenvalue weighted by Crippen LogP contribution is 2.24. The number of rotatable bonds is 3. The average molecular weight is 281 g/mol. The van der Waals surface area contributed by atoms with E-state index in [-0.39, 0.29) is 24.8 Å². The normalized spacial score (nSPS) is 26.5. The zero-order chi connectivity index (χ0) is 10.7. The SMILES string of the molecule is C=CCCC(=O)N1CCC2NCCC2C1.Cl.Cl. The number of fused-ring (bicyclic) bond motifs is 1. The van der Waals surface area contributed by atoms with E-state index in [0.717, 1.165) is 32.5 Å². The predicted octanol–water partition coefficient (Wildman–Crippen LogP) is 2.01. The molecule has 0 aromatic heterocycles. The molecule has 100 valence electrons. The van der Waals surface area contributed by atoms with Gasteiger partial charge in [0.25, 0.3) is 0 Å². The number of halogens is 2. The topological polar surface area (TPSA) is 32.3 Å². The number of nitrogens with zero attached hydrogens (tertiary/aromatic N) is 1. The Labute approximate surface area is 116 Å². The van der Waals surface area contributed by atoms with Crippen LogP contribution in [-0.4, -0.2) is 36.5 Å². The highest BCUT2D eigenvalue weighted by atomic mass is 35.5. The standard InChI is InChI=1S/C12H20N2O.2ClH/c1-2-3-4-12(15)14-8-6-11-10(9-14)5-7-13-11;;/h2,10-11,13H,1,3-9H2;2*1H. The van der Waals surface area contributed by atoms with Gasteiger partial charge in [-0.1, -0.05) is 6.08 Å². The second-order valence-corrected chi connectivity index (χ2v) is 4.57. The van der Waals surface area contributed by atoms with Crippen molar-refractivity contribution in [2.75, 3.05) is 19.6 Å². The Bertz CT molecular complexity index is 261. The third kappa shape index (κ3) is 4.16. The summed E-state index contributed by atoms with van der Waals surface area (Å²) in [6.07, 6.45) is 5.62. The van der Waals surface area contributed by atoms with Crippen molar-refractivity contribution in [2.24, 2.45) is 5.92 Å². The van der Waals surface area contributed by atoms with Crippen molar-refractivity contribution in [1.29, 1.82) is 0 Å². The first kappa shape index (κ1) is 16.8. The summed E-state index contributed by atoms with van der Waals surface area (Å²) in [5.74, 6) is 1.01. The number of piperidine rings is 1. The summed E-state index contributed by atoms with van der Waals surface area (Å²) >= 11 is 0. The van der Waals surface area contributed by atoms with Crippen LogP contribution in [0.2, 0.25) is 0 Å². The predicted molar refractivity (Wildman–Crippen MR) is 75.0 cm³/mol. The van der Waals surface area contributed by atoms with Crippen LogP contribution >= 0.6 is 24.8 Å². The van der Waals surface area contributed by atoms with Crippen LogP contribution in [-0.2, 0) is 4.79 Å². The van der Waals surface area contributed by atoms with E-state index in [1.807, 2.05) is 11.0 Å². The fourth-order valence-electron chi connectivity index (χ4n) is 2.66. The summed E-state index contributed by atoms with van der Waals surface area (Å²) < 4.78 is 0. The van der Waals surface area contributed by atoms with E-state index in [2.05, 4.69) is 11.9 Å². The van der Waals surface area contributed by atoms with Gasteiger partial charge in [0, 0.05) is 25.6 Å². The molecule has 3 nitrogen and oxygen atoms in total. The smallest absolute Gasteiger partial charge is 0.222 e. The molecule has 0 radical (unpaired) electrons. The molecule has 2 heterocycles. The number of carbonyl (C=O) groups is 1. The molecule has 2 rings (SSSR count). The van der Waals surface area contributed by atoms with Crippen molar-refractivity contribution in [3.05, 3.63) is 12.7 Å². The minimum Gasteiger partial charge on any atom is -0.342 e. The fraction of sp³-hybridized carbons (Fsp3) is 0.750. The van der Waals surface area contributed by atoms with E-state index in [0.29, 0.717) is 24.3 Å². The number of carbonyl (C=O) groups excluding carboxylic acids is 1. The van der Waals surface area contributed by atoms with Crippen LogP contribution in [0.25, 0.3) is 0 Å². The quantitative estimate of drug-likeness (QED) is 0.803. The highest BCUT2D eigenvalue weighted by Gasteiger charge is 2.33. The molecule has 2 aliphatic rings. The summed E-state index contributed by atoms with van der Waals surface area (Å²) in [7, 11) is 0. The molecular weight excluding hydrogens is 259 g/mol. The zero-order valence-electron chi connectivity index (χ0n) is 10.1. The van der Waals surface area contributed by atoms with Gasteiger partial charge in [-0.05, 0) is 31.7 Å². The Morgan fingerprint density at radius 3 is 2.88 bits per heavy atom. The van der Waals surface area contributed by atoms with Crippen molar-refractivity contribution in [2.45, 2.75) is 31.7 Å². The van der Waals surface area contributed by atoms with Gasteiger partial charge >= 0.3 is 0 Å². The first-order valence-corrected chi connectivity index (χ1v) is 5.93. The van der Waals surface area contributed by atoms with Crippen LogP contribution in [0.1, 0.15) is 25.7 Å². The van der Waals surface area contributed by atoms with E-state index >= 15 is 0 Å². The van der Waals surface area contributed by atoms with Gasteiger partial charge in [-0.25, -0.2) is 0 Å². The first-order valence-electron chi connectivity index (χ1n) is 5.93. The van der Waals surface area contributed by atoms with Gasteiger partial charge in [0.2, 0.25) is 5.91 Å². The molecule has 2 aliphatic heterocycles. The molecule has 2 unspecified atom stereocenters. The van der Waals surface area contributed by atoms with Crippen molar-refractivity contribution in [3.8, 4) is 0 Å². The van der Waals surface area contributed by atoms with E-state index < -0.39 is 0 Å². The number of hydrogen-bond donors (Lipinski definition) is 1. The highest BCUT2D eigenvalue weighted by molar-refractivity contribution is 5.85. The molecule has 5 heteroatoms. The molecule has 2 fully saturated rings. The van der Waals surface area contributed by atoms with Crippen LogP contribution in [0.5, 0.6) is 0 Å². The monoisotopic (exact) mass is 280 g/mol. The second-order valence-electron chi connectivity index (χ2n) is 4.57. The molecule has 0 aromatic rings. The molecular formula is C12H22Cl2N2O. The maximum Gasteiger partial charge on any atom is 0.222 e. The summed E-state index contributed by atoms with van der Waals surface area (Å²) in [5, 5.41) is 3.51. The van der Waals surface area contributed by atoms with Gasteiger partial charge in [0.05, 0.1) is 0 Å². The van der Waals surface area contributed by atoms with Crippen molar-refractivity contribution in [3.63, 3.8) is 0 Å².